The number of anilines is 1. The van der Waals surface area contributed by atoms with E-state index in [4.69, 9.17) is 14.2 Å². The Balaban J connectivity index is 1.10. The molecule has 2 N–H and O–H groups in total. The first-order valence-electron chi connectivity index (χ1n) is 13.3. The van der Waals surface area contributed by atoms with Crippen LogP contribution in [0.15, 0.2) is 85.1 Å². The number of benzene rings is 3. The quantitative estimate of drug-likeness (QED) is 0.325. The summed E-state index contributed by atoms with van der Waals surface area (Å²) in [5, 5.41) is 3.38. The number of nitrogens with one attached hydrogen (secondary N) is 2. The van der Waals surface area contributed by atoms with E-state index in [0.29, 0.717) is 5.75 Å². The monoisotopic (exact) mass is 531 g/mol. The second-order valence-corrected chi connectivity index (χ2v) is 9.92. The molecule has 8 heteroatoms. The molecule has 4 aromatic rings. The lowest BCUT2D eigenvalue weighted by Gasteiger charge is -2.29. The Labute approximate surface area is 226 Å². The smallest absolute Gasteiger partial charge is 0.203 e. The molecular weight excluding hydrogens is 500 g/mol. The third kappa shape index (κ3) is 5.68. The summed E-state index contributed by atoms with van der Waals surface area (Å²) in [5.74, 6) is -2.03. The van der Waals surface area contributed by atoms with Gasteiger partial charge in [-0.2, -0.15) is 0 Å². The average Bonchev–Trinajstić information content (AvgIpc) is 3.63. The van der Waals surface area contributed by atoms with E-state index in [2.05, 4.69) is 39.5 Å². The van der Waals surface area contributed by atoms with Gasteiger partial charge in [0.1, 0.15) is 30.1 Å². The van der Waals surface area contributed by atoms with Crippen LogP contribution >= 0.6 is 0 Å². The number of H-pyrrole nitrogens is 1. The van der Waals surface area contributed by atoms with Gasteiger partial charge in [0, 0.05) is 61.8 Å². The van der Waals surface area contributed by atoms with Crippen molar-refractivity contribution in [3.8, 4) is 16.9 Å². The van der Waals surface area contributed by atoms with Gasteiger partial charge in [0.2, 0.25) is 5.79 Å². The molecule has 6 nitrogen and oxygen atoms in total. The molecule has 0 bridgehead atoms. The van der Waals surface area contributed by atoms with Crippen LogP contribution in [0, 0.1) is 11.6 Å². The van der Waals surface area contributed by atoms with Gasteiger partial charge in [0.15, 0.2) is 0 Å². The van der Waals surface area contributed by atoms with E-state index in [1.54, 1.807) is 6.20 Å². The summed E-state index contributed by atoms with van der Waals surface area (Å²) in [7, 11) is 0. The normalized spacial score (nSPS) is 21.3. The third-order valence-electron chi connectivity index (χ3n) is 7.26. The van der Waals surface area contributed by atoms with Gasteiger partial charge in [0.05, 0.1) is 6.61 Å². The predicted octanol–water partition coefficient (Wildman–Crippen LogP) is 5.26. The standard InChI is InChI=1S/C31H31F2N3O3/c32-24-7-12-29(30(33)18-24)31(19-25-2-1-13-35-25)38-21-28(39-31)20-37-27-10-5-23(6-11-27)22-3-8-26(9-4-22)36-16-14-34-15-17-36/h1-13,18,28,34-35H,14-17,19-21H2. The average molecular weight is 532 g/mol. The molecule has 2 aliphatic heterocycles. The highest BCUT2D eigenvalue weighted by Crippen LogP contribution is 2.39. The molecule has 0 aliphatic carbocycles. The Morgan fingerprint density at radius 2 is 1.67 bits per heavy atom. The minimum Gasteiger partial charge on any atom is -0.491 e. The maximum Gasteiger partial charge on any atom is 0.203 e. The van der Waals surface area contributed by atoms with Crippen molar-refractivity contribution in [1.82, 2.24) is 10.3 Å². The maximum atomic E-state index is 14.8. The van der Waals surface area contributed by atoms with Crippen molar-refractivity contribution < 1.29 is 23.0 Å². The van der Waals surface area contributed by atoms with Gasteiger partial charge >= 0.3 is 0 Å². The van der Waals surface area contributed by atoms with E-state index >= 15 is 0 Å². The van der Waals surface area contributed by atoms with Gasteiger partial charge in [-0.3, -0.25) is 0 Å². The molecule has 2 unspecified atom stereocenters. The van der Waals surface area contributed by atoms with Crippen molar-refractivity contribution in [3.63, 3.8) is 0 Å². The lowest BCUT2D eigenvalue weighted by Crippen LogP contribution is -2.43. The molecular formula is C31H31F2N3O3. The van der Waals surface area contributed by atoms with Crippen molar-refractivity contribution >= 4 is 5.69 Å². The lowest BCUT2D eigenvalue weighted by molar-refractivity contribution is -0.180. The minimum atomic E-state index is -1.38. The predicted molar refractivity (Wildman–Crippen MR) is 146 cm³/mol. The maximum absolute atomic E-state index is 14.8. The van der Waals surface area contributed by atoms with E-state index in [0.717, 1.165) is 49.1 Å². The molecule has 2 aliphatic rings. The van der Waals surface area contributed by atoms with Gasteiger partial charge < -0.3 is 29.4 Å². The molecule has 0 radical (unpaired) electrons. The first-order chi connectivity index (χ1) is 19.1. The Bertz CT molecular complexity index is 1370. The van der Waals surface area contributed by atoms with Gasteiger partial charge in [-0.25, -0.2) is 8.78 Å². The summed E-state index contributed by atoms with van der Waals surface area (Å²) in [4.78, 5) is 5.50. The fourth-order valence-corrected chi connectivity index (χ4v) is 5.22. The topological polar surface area (TPSA) is 58.8 Å². The van der Waals surface area contributed by atoms with Crippen LogP contribution in [0.25, 0.3) is 11.1 Å². The molecule has 3 heterocycles. The summed E-state index contributed by atoms with van der Waals surface area (Å²) in [5.41, 5.74) is 4.46. The molecule has 0 amide bonds. The SMILES string of the molecule is Fc1ccc(C2(Cc3ccc[nH]3)OCC(COc3ccc(-c4ccc(N5CCNCC5)cc4)cc3)O2)c(F)c1. The zero-order valence-electron chi connectivity index (χ0n) is 21.5. The molecule has 0 spiro atoms. The van der Waals surface area contributed by atoms with Crippen molar-refractivity contribution in [2.75, 3.05) is 44.3 Å². The Morgan fingerprint density at radius 3 is 2.36 bits per heavy atom. The van der Waals surface area contributed by atoms with Gasteiger partial charge in [-0.05, 0) is 59.7 Å². The number of hydrogen-bond donors (Lipinski definition) is 2. The lowest BCUT2D eigenvalue weighted by atomic mass is 10.00. The Hall–Kier alpha value is -3.72. The van der Waals surface area contributed by atoms with Crippen LogP contribution in [0.3, 0.4) is 0 Å². The molecule has 202 valence electrons. The molecule has 2 atom stereocenters. The van der Waals surface area contributed by atoms with Gasteiger partial charge in [0.25, 0.3) is 0 Å². The molecule has 3 aromatic carbocycles. The number of piperazine rings is 1. The molecule has 0 saturated carbocycles. The van der Waals surface area contributed by atoms with Crippen LogP contribution in [0.5, 0.6) is 5.75 Å². The van der Waals surface area contributed by atoms with E-state index in [-0.39, 0.29) is 25.2 Å². The minimum absolute atomic E-state index is 0.160. The van der Waals surface area contributed by atoms with E-state index < -0.39 is 23.5 Å². The van der Waals surface area contributed by atoms with Gasteiger partial charge in [-0.15, -0.1) is 0 Å². The summed E-state index contributed by atoms with van der Waals surface area (Å²) < 4.78 is 46.7. The van der Waals surface area contributed by atoms with Crippen LogP contribution in [-0.2, 0) is 21.7 Å². The number of halogens is 2. The first-order valence-corrected chi connectivity index (χ1v) is 13.3. The van der Waals surface area contributed by atoms with Crippen LogP contribution in [0.1, 0.15) is 11.3 Å². The fourth-order valence-electron chi connectivity index (χ4n) is 5.22. The van der Waals surface area contributed by atoms with Crippen LogP contribution in [-0.4, -0.2) is 50.5 Å². The number of ether oxygens (including phenoxy) is 3. The fraction of sp³-hybridized carbons (Fsp3) is 0.290. The van der Waals surface area contributed by atoms with Crippen LogP contribution in [0.2, 0.25) is 0 Å². The first kappa shape index (κ1) is 25.6. The highest BCUT2D eigenvalue weighted by atomic mass is 19.1. The molecule has 1 aromatic heterocycles. The number of aromatic amines is 1. The highest BCUT2D eigenvalue weighted by Gasteiger charge is 2.45. The van der Waals surface area contributed by atoms with Crippen molar-refractivity contribution in [2.24, 2.45) is 0 Å². The van der Waals surface area contributed by atoms with Gasteiger partial charge in [-0.1, -0.05) is 24.3 Å². The number of rotatable bonds is 8. The largest absolute Gasteiger partial charge is 0.491 e. The molecule has 39 heavy (non-hydrogen) atoms. The third-order valence-corrected chi connectivity index (χ3v) is 7.26. The van der Waals surface area contributed by atoms with E-state index in [1.807, 2.05) is 36.4 Å². The Kier molecular flexibility index (Phi) is 7.32. The van der Waals surface area contributed by atoms with Crippen LogP contribution in [0.4, 0.5) is 14.5 Å². The second-order valence-electron chi connectivity index (χ2n) is 9.92. The molecule has 6 rings (SSSR count). The zero-order chi connectivity index (χ0) is 26.7. The van der Waals surface area contributed by atoms with Crippen molar-refractivity contribution in [2.45, 2.75) is 18.3 Å². The summed E-state index contributed by atoms with van der Waals surface area (Å²) in [6, 6.07) is 23.7. The van der Waals surface area contributed by atoms with E-state index in [1.165, 1.54) is 17.8 Å². The van der Waals surface area contributed by atoms with Crippen molar-refractivity contribution in [3.05, 3.63) is 108 Å². The number of hydrogen-bond acceptors (Lipinski definition) is 5. The molecule has 2 saturated heterocycles. The van der Waals surface area contributed by atoms with Crippen LogP contribution < -0.4 is 15.0 Å². The summed E-state index contributed by atoms with van der Waals surface area (Å²) >= 11 is 0. The Morgan fingerprint density at radius 1 is 0.923 bits per heavy atom. The summed E-state index contributed by atoms with van der Waals surface area (Å²) in [6.07, 6.45) is 1.60. The summed E-state index contributed by atoms with van der Waals surface area (Å²) in [6.45, 7) is 4.51. The molecule has 2 fully saturated rings. The number of nitrogens with zero attached hydrogens (tertiary/aromatic N) is 1. The number of aromatic nitrogens is 1. The highest BCUT2D eigenvalue weighted by molar-refractivity contribution is 5.67. The zero-order valence-corrected chi connectivity index (χ0v) is 21.5. The van der Waals surface area contributed by atoms with Crippen molar-refractivity contribution in [1.29, 1.82) is 0 Å². The second kappa shape index (κ2) is 11.2. The van der Waals surface area contributed by atoms with E-state index in [9.17, 15) is 8.78 Å².